The second-order valence-corrected chi connectivity index (χ2v) is 4.09. The number of carbonyl (C=O) groups excluding carboxylic acids is 2. The van der Waals surface area contributed by atoms with Gasteiger partial charge in [-0.2, -0.15) is 0 Å². The third-order valence-corrected chi connectivity index (χ3v) is 2.45. The van der Waals surface area contributed by atoms with Gasteiger partial charge >= 0.3 is 12.1 Å². The molecule has 0 aliphatic heterocycles. The maximum atomic E-state index is 11.2. The van der Waals surface area contributed by atoms with Crippen molar-refractivity contribution in [3.63, 3.8) is 0 Å². The third-order valence-electron chi connectivity index (χ3n) is 2.45. The molecule has 1 amide bonds. The summed E-state index contributed by atoms with van der Waals surface area (Å²) in [7, 11) is 0. The highest BCUT2D eigenvalue weighted by molar-refractivity contribution is 5.73. The highest BCUT2D eigenvalue weighted by atomic mass is 16.7. The smallest absolute Gasteiger partial charge is 0.441 e. The first-order valence-corrected chi connectivity index (χ1v) is 6.38. The highest BCUT2D eigenvalue weighted by Gasteiger charge is 2.07. The number of rotatable bonds is 6. The van der Waals surface area contributed by atoms with Gasteiger partial charge in [-0.05, 0) is 12.0 Å². The molecule has 5 nitrogen and oxygen atoms in total. The van der Waals surface area contributed by atoms with Crippen molar-refractivity contribution in [3.8, 4) is 0 Å². The van der Waals surface area contributed by atoms with Crippen LogP contribution in [-0.4, -0.2) is 12.1 Å². The van der Waals surface area contributed by atoms with Gasteiger partial charge in [0.15, 0.2) is 0 Å². The summed E-state index contributed by atoms with van der Waals surface area (Å²) in [6.45, 7) is 2.19. The maximum Gasteiger partial charge on any atom is 0.441 e. The summed E-state index contributed by atoms with van der Waals surface area (Å²) in [4.78, 5) is 27.0. The van der Waals surface area contributed by atoms with Crippen LogP contribution in [-0.2, 0) is 21.0 Å². The number of carbonyl (C=O) groups is 2. The van der Waals surface area contributed by atoms with Crippen molar-refractivity contribution in [2.24, 2.45) is 0 Å². The molecule has 1 N–H and O–H groups in total. The van der Waals surface area contributed by atoms with E-state index in [0.717, 1.165) is 24.8 Å². The van der Waals surface area contributed by atoms with E-state index in [0.29, 0.717) is 6.42 Å². The van der Waals surface area contributed by atoms with E-state index in [9.17, 15) is 9.59 Å². The maximum absolute atomic E-state index is 11.2. The molecular weight excluding hydrogens is 246 g/mol. The molecule has 19 heavy (non-hydrogen) atoms. The summed E-state index contributed by atoms with van der Waals surface area (Å²) in [6.07, 6.45) is 2.28. The van der Waals surface area contributed by atoms with Gasteiger partial charge in [-0.3, -0.25) is 0 Å². The van der Waals surface area contributed by atoms with Crippen molar-refractivity contribution in [3.05, 3.63) is 35.9 Å². The first-order chi connectivity index (χ1) is 9.22. The van der Waals surface area contributed by atoms with Crippen LogP contribution < -0.4 is 5.48 Å². The van der Waals surface area contributed by atoms with Crippen LogP contribution >= 0.6 is 0 Å². The molecule has 0 aromatic heterocycles. The van der Waals surface area contributed by atoms with E-state index in [1.54, 1.807) is 0 Å². The number of nitrogens with one attached hydrogen (secondary N) is 1. The third kappa shape index (κ3) is 7.08. The van der Waals surface area contributed by atoms with Crippen molar-refractivity contribution in [1.29, 1.82) is 0 Å². The Morgan fingerprint density at radius 2 is 1.89 bits per heavy atom. The Hall–Kier alpha value is -2.04. The highest BCUT2D eigenvalue weighted by Crippen LogP contribution is 2.01. The largest absolute Gasteiger partial charge is 0.443 e. The minimum Gasteiger partial charge on any atom is -0.443 e. The zero-order valence-corrected chi connectivity index (χ0v) is 11.1. The molecule has 0 fully saturated rings. The second kappa shape index (κ2) is 8.97. The summed E-state index contributed by atoms with van der Waals surface area (Å²) in [5, 5.41) is 0. The molecule has 0 bridgehead atoms. The van der Waals surface area contributed by atoms with Crippen LogP contribution in [0.4, 0.5) is 4.79 Å². The molecule has 1 aromatic rings. The van der Waals surface area contributed by atoms with Crippen LogP contribution in [0.25, 0.3) is 0 Å². The summed E-state index contributed by atoms with van der Waals surface area (Å²) in [5.74, 6) is -0.454. The Bertz CT molecular complexity index is 392. The minimum absolute atomic E-state index is 0.139. The first kappa shape index (κ1) is 15.0. The van der Waals surface area contributed by atoms with Gasteiger partial charge in [0.05, 0.1) is 0 Å². The zero-order valence-electron chi connectivity index (χ0n) is 11.1. The topological polar surface area (TPSA) is 64.6 Å². The van der Waals surface area contributed by atoms with Gasteiger partial charge in [0.25, 0.3) is 0 Å². The van der Waals surface area contributed by atoms with Crippen molar-refractivity contribution >= 4 is 12.1 Å². The molecule has 0 heterocycles. The fourth-order valence-electron chi connectivity index (χ4n) is 1.42. The average molecular weight is 265 g/mol. The van der Waals surface area contributed by atoms with Gasteiger partial charge in [0.1, 0.15) is 6.61 Å². The van der Waals surface area contributed by atoms with Crippen molar-refractivity contribution in [2.45, 2.75) is 39.2 Å². The lowest BCUT2D eigenvalue weighted by Gasteiger charge is -2.07. The zero-order chi connectivity index (χ0) is 13.9. The molecular formula is C14H19NO4. The second-order valence-electron chi connectivity index (χ2n) is 4.09. The molecule has 0 spiro atoms. The monoisotopic (exact) mass is 265 g/mol. The number of hydrogen-bond acceptors (Lipinski definition) is 4. The first-order valence-electron chi connectivity index (χ1n) is 6.38. The fraction of sp³-hybridized carbons (Fsp3) is 0.429. The SMILES string of the molecule is CCCCCC(=O)ONC(=O)OCc1ccccc1. The molecule has 1 rings (SSSR count). The number of unbranched alkanes of at least 4 members (excludes halogenated alkanes) is 2. The molecule has 104 valence electrons. The van der Waals surface area contributed by atoms with E-state index in [2.05, 4.69) is 4.84 Å². The number of benzene rings is 1. The summed E-state index contributed by atoms with van der Waals surface area (Å²) in [5.41, 5.74) is 2.84. The Morgan fingerprint density at radius 1 is 1.16 bits per heavy atom. The van der Waals surface area contributed by atoms with Gasteiger partial charge in [0.2, 0.25) is 0 Å². The standard InChI is InChI=1S/C14H19NO4/c1-2-3-5-10-13(16)19-15-14(17)18-11-12-8-6-4-7-9-12/h4,6-9H,2-3,5,10-11H2,1H3,(H,15,17). The predicted octanol–water partition coefficient (Wildman–Crippen LogP) is 2.95. The van der Waals surface area contributed by atoms with Crippen LogP contribution in [0.5, 0.6) is 0 Å². The lowest BCUT2D eigenvalue weighted by atomic mass is 10.2. The number of ether oxygens (including phenoxy) is 1. The number of hydroxylamine groups is 1. The Balaban J connectivity index is 2.12. The van der Waals surface area contributed by atoms with Crippen LogP contribution in [0.1, 0.15) is 38.2 Å². The van der Waals surface area contributed by atoms with Gasteiger partial charge in [-0.25, -0.2) is 9.59 Å². The molecule has 0 atom stereocenters. The fourth-order valence-corrected chi connectivity index (χ4v) is 1.42. The van der Waals surface area contributed by atoms with Crippen LogP contribution in [0.3, 0.4) is 0 Å². The Morgan fingerprint density at radius 3 is 2.58 bits per heavy atom. The molecule has 0 saturated heterocycles. The summed E-state index contributed by atoms with van der Waals surface area (Å²) in [6, 6.07) is 9.25. The van der Waals surface area contributed by atoms with E-state index >= 15 is 0 Å². The minimum atomic E-state index is -0.771. The van der Waals surface area contributed by atoms with Gasteiger partial charge in [0, 0.05) is 6.42 Å². The van der Waals surface area contributed by atoms with E-state index in [1.807, 2.05) is 42.7 Å². The average Bonchev–Trinajstić information content (AvgIpc) is 2.44. The van der Waals surface area contributed by atoms with Crippen molar-refractivity contribution < 1.29 is 19.2 Å². The van der Waals surface area contributed by atoms with Crippen molar-refractivity contribution in [1.82, 2.24) is 5.48 Å². The van der Waals surface area contributed by atoms with E-state index in [4.69, 9.17) is 4.74 Å². The lowest BCUT2D eigenvalue weighted by Crippen LogP contribution is -2.27. The van der Waals surface area contributed by atoms with E-state index in [1.165, 1.54) is 0 Å². The van der Waals surface area contributed by atoms with E-state index in [-0.39, 0.29) is 6.61 Å². The van der Waals surface area contributed by atoms with Gasteiger partial charge in [-0.1, -0.05) is 50.1 Å². The number of hydrogen-bond donors (Lipinski definition) is 1. The summed E-state index contributed by atoms with van der Waals surface area (Å²) >= 11 is 0. The Labute approximate surface area is 112 Å². The molecule has 0 aliphatic rings. The molecule has 0 aliphatic carbocycles. The summed E-state index contributed by atoms with van der Waals surface area (Å²) < 4.78 is 4.88. The Kier molecular flexibility index (Phi) is 7.09. The van der Waals surface area contributed by atoms with Crippen LogP contribution in [0.15, 0.2) is 30.3 Å². The predicted molar refractivity (Wildman–Crippen MR) is 70.0 cm³/mol. The van der Waals surface area contributed by atoms with Crippen LogP contribution in [0, 0.1) is 0 Å². The molecule has 0 radical (unpaired) electrons. The van der Waals surface area contributed by atoms with Crippen LogP contribution in [0.2, 0.25) is 0 Å². The normalized spacial score (nSPS) is 9.74. The van der Waals surface area contributed by atoms with Gasteiger partial charge in [-0.15, -0.1) is 5.48 Å². The molecule has 5 heteroatoms. The number of amides is 1. The quantitative estimate of drug-likeness (QED) is 0.634. The van der Waals surface area contributed by atoms with Gasteiger partial charge < -0.3 is 9.57 Å². The lowest BCUT2D eigenvalue weighted by molar-refractivity contribution is -0.150. The molecule has 0 unspecified atom stereocenters. The molecule has 0 saturated carbocycles. The van der Waals surface area contributed by atoms with E-state index < -0.39 is 12.1 Å². The molecule has 1 aromatic carbocycles. The van der Waals surface area contributed by atoms with Crippen molar-refractivity contribution in [2.75, 3.05) is 0 Å².